The van der Waals surface area contributed by atoms with Crippen LogP contribution in [-0.2, 0) is 27.8 Å². The molecule has 1 heterocycles. The molecule has 1 aliphatic heterocycles. The van der Waals surface area contributed by atoms with Crippen LogP contribution in [0.3, 0.4) is 0 Å². The monoisotopic (exact) mass is 580 g/mol. The van der Waals surface area contributed by atoms with Crippen LogP contribution in [0.15, 0.2) is 29.2 Å². The highest BCUT2D eigenvalue weighted by atomic mass is 33.5. The first-order valence-electron chi connectivity index (χ1n) is 13.4. The average molecular weight is 581 g/mol. The predicted molar refractivity (Wildman–Crippen MR) is 157 cm³/mol. The summed E-state index contributed by atoms with van der Waals surface area (Å²) >= 11 is 4.37. The number of benzene rings is 1. The summed E-state index contributed by atoms with van der Waals surface area (Å²) in [6.45, 7) is 14.0. The minimum atomic E-state index is -3.36. The van der Waals surface area contributed by atoms with Gasteiger partial charge in [-0.05, 0) is 57.2 Å². The first kappa shape index (κ1) is 32.8. The molecule has 11 heteroatoms. The van der Waals surface area contributed by atoms with Crippen molar-refractivity contribution in [3.8, 4) is 0 Å². The zero-order chi connectivity index (χ0) is 26.9. The van der Waals surface area contributed by atoms with Crippen molar-refractivity contribution in [2.24, 2.45) is 0 Å². The summed E-state index contributed by atoms with van der Waals surface area (Å²) < 4.78 is 47.5. The van der Waals surface area contributed by atoms with Crippen LogP contribution < -0.4 is 5.32 Å². The number of nitrogens with zero attached hydrogens (tertiary/aromatic N) is 1. The number of aryl methyl sites for hydroxylation is 1. The van der Waals surface area contributed by atoms with Gasteiger partial charge in [-0.15, -0.1) is 20.6 Å². The van der Waals surface area contributed by atoms with E-state index >= 15 is 0 Å². The summed E-state index contributed by atoms with van der Waals surface area (Å²) in [6, 6.07) is 8.13. The predicted octanol–water partition coefficient (Wildman–Crippen LogP) is 3.45. The summed E-state index contributed by atoms with van der Waals surface area (Å²) in [5.41, 5.74) is 1.03. The smallest absolute Gasteiger partial charge is 0.218 e. The van der Waals surface area contributed by atoms with Crippen LogP contribution >= 0.6 is 20.6 Å². The summed E-state index contributed by atoms with van der Waals surface area (Å²) in [5.74, 6) is 0.500. The fourth-order valence-corrected chi connectivity index (χ4v) is 8.84. The van der Waals surface area contributed by atoms with Crippen LogP contribution in [0.2, 0.25) is 0 Å². The molecule has 0 radical (unpaired) electrons. The number of thiol groups is 2. The Balaban J connectivity index is 1.34. The SMILES string of the molecule is Cc1ccc(S(=O)(=O)[SH](S)CCCOCCOCCOCCOCCN2CCC(NC(C)C)CC2)cc1. The fraction of sp³-hybridized carbons (Fsp3) is 0.769. The minimum absolute atomic E-state index is 0.341. The summed E-state index contributed by atoms with van der Waals surface area (Å²) in [6.07, 6.45) is 3.07. The Labute approximate surface area is 231 Å². The molecule has 0 amide bonds. The number of ether oxygens (including phenoxy) is 4. The maximum atomic E-state index is 12.6. The van der Waals surface area contributed by atoms with E-state index in [0.29, 0.717) is 75.4 Å². The number of piperidine rings is 1. The van der Waals surface area contributed by atoms with E-state index < -0.39 is 17.8 Å². The first-order valence-corrected chi connectivity index (χ1v) is 18.1. The van der Waals surface area contributed by atoms with E-state index in [-0.39, 0.29) is 0 Å². The van der Waals surface area contributed by atoms with E-state index in [2.05, 4.69) is 35.7 Å². The largest absolute Gasteiger partial charge is 0.379 e. The van der Waals surface area contributed by atoms with Gasteiger partial charge in [0.1, 0.15) is 0 Å². The molecule has 1 fully saturated rings. The maximum Gasteiger partial charge on any atom is 0.218 e. The van der Waals surface area contributed by atoms with Crippen molar-refractivity contribution in [1.29, 1.82) is 0 Å². The van der Waals surface area contributed by atoms with Gasteiger partial charge in [0.15, 0.2) is 0 Å². The van der Waals surface area contributed by atoms with Gasteiger partial charge in [-0.25, -0.2) is 8.42 Å². The molecule has 1 unspecified atom stereocenters. The standard InChI is InChI=1S/C26H48N2O6S3/c1-23(2)27-25-9-11-28(12-10-25)13-15-32-17-19-34-21-20-33-18-16-31-14-4-22-36(35)37(29,30)26-7-5-24(3)6-8-26/h5-8,23,25,27,35-36H,4,9-22H2,1-3H3. The van der Waals surface area contributed by atoms with E-state index in [4.69, 9.17) is 18.9 Å². The number of hydrogen-bond donors (Lipinski definition) is 3. The number of likely N-dealkylation sites (tertiary alicyclic amines) is 1. The fourth-order valence-electron chi connectivity index (χ4n) is 4.00. The Morgan fingerprint density at radius 1 is 0.919 bits per heavy atom. The Morgan fingerprint density at radius 2 is 1.43 bits per heavy atom. The Bertz CT molecular complexity index is 818. The van der Waals surface area contributed by atoms with Crippen molar-refractivity contribution in [2.45, 2.75) is 57.0 Å². The van der Waals surface area contributed by atoms with E-state index in [1.54, 1.807) is 12.1 Å². The Kier molecular flexibility index (Phi) is 16.7. The third-order valence-corrected chi connectivity index (χ3v) is 13.6. The molecule has 1 atom stereocenters. The van der Waals surface area contributed by atoms with Gasteiger partial charge < -0.3 is 29.2 Å². The molecule has 2 rings (SSSR count). The molecule has 37 heavy (non-hydrogen) atoms. The zero-order valence-corrected chi connectivity index (χ0v) is 25.4. The summed E-state index contributed by atoms with van der Waals surface area (Å²) in [4.78, 5) is 2.81. The van der Waals surface area contributed by atoms with Crippen LogP contribution in [-0.4, -0.2) is 104 Å². The van der Waals surface area contributed by atoms with E-state index in [1.165, 1.54) is 12.8 Å². The van der Waals surface area contributed by atoms with Crippen molar-refractivity contribution < 1.29 is 27.4 Å². The van der Waals surface area contributed by atoms with Crippen molar-refractivity contribution in [2.75, 3.05) is 78.2 Å². The van der Waals surface area contributed by atoms with Crippen LogP contribution in [0.4, 0.5) is 0 Å². The molecule has 0 bridgehead atoms. The third-order valence-electron chi connectivity index (χ3n) is 6.06. The highest BCUT2D eigenvalue weighted by molar-refractivity contribution is 9.10. The second-order valence-electron chi connectivity index (χ2n) is 9.60. The quantitative estimate of drug-likeness (QED) is 0.123. The molecule has 216 valence electrons. The highest BCUT2D eigenvalue weighted by Crippen LogP contribution is 2.42. The highest BCUT2D eigenvalue weighted by Gasteiger charge is 2.20. The van der Waals surface area contributed by atoms with Crippen molar-refractivity contribution in [3.63, 3.8) is 0 Å². The average Bonchev–Trinajstić information content (AvgIpc) is 2.87. The lowest BCUT2D eigenvalue weighted by Gasteiger charge is -2.33. The molecule has 0 saturated carbocycles. The summed E-state index contributed by atoms with van der Waals surface area (Å²) in [5, 5.41) is 3.62. The third kappa shape index (κ3) is 14.0. The normalized spacial score (nSPS) is 16.9. The molecular formula is C26H48N2O6S3. The lowest BCUT2D eigenvalue weighted by atomic mass is 10.0. The van der Waals surface area contributed by atoms with Gasteiger partial charge in [-0.3, -0.25) is 0 Å². The lowest BCUT2D eigenvalue weighted by Crippen LogP contribution is -2.45. The molecule has 1 aromatic carbocycles. The van der Waals surface area contributed by atoms with Crippen LogP contribution in [0.25, 0.3) is 0 Å². The second kappa shape index (κ2) is 18.8. The van der Waals surface area contributed by atoms with Crippen LogP contribution in [0, 0.1) is 6.92 Å². The number of rotatable bonds is 20. The van der Waals surface area contributed by atoms with Crippen molar-refractivity contribution in [3.05, 3.63) is 29.8 Å². The van der Waals surface area contributed by atoms with E-state index in [0.717, 1.165) is 31.8 Å². The molecule has 0 spiro atoms. The van der Waals surface area contributed by atoms with Gasteiger partial charge in [0.25, 0.3) is 0 Å². The molecule has 1 saturated heterocycles. The van der Waals surface area contributed by atoms with E-state index in [1.807, 2.05) is 19.1 Å². The Morgan fingerprint density at radius 3 is 1.97 bits per heavy atom. The molecule has 0 aliphatic carbocycles. The molecule has 1 aromatic rings. The van der Waals surface area contributed by atoms with Crippen LogP contribution in [0.1, 0.15) is 38.7 Å². The summed E-state index contributed by atoms with van der Waals surface area (Å²) in [7, 11) is -4.80. The number of nitrogens with one attached hydrogen (secondary N) is 1. The van der Waals surface area contributed by atoms with Gasteiger partial charge in [-0.1, -0.05) is 31.5 Å². The number of hydrogen-bond acceptors (Lipinski definition) is 9. The van der Waals surface area contributed by atoms with Crippen molar-refractivity contribution >= 4 is 29.5 Å². The van der Waals surface area contributed by atoms with Gasteiger partial charge in [0, 0.05) is 25.2 Å². The lowest BCUT2D eigenvalue weighted by molar-refractivity contribution is -0.00436. The van der Waals surface area contributed by atoms with Crippen LogP contribution in [0.5, 0.6) is 0 Å². The molecule has 0 aromatic heterocycles. The first-order chi connectivity index (χ1) is 17.8. The van der Waals surface area contributed by atoms with Gasteiger partial charge in [-0.2, -0.15) is 0 Å². The van der Waals surface area contributed by atoms with Gasteiger partial charge in [0.2, 0.25) is 8.87 Å². The Hall–Kier alpha value is -0.370. The molecule has 1 aliphatic rings. The second-order valence-corrected chi connectivity index (χ2v) is 17.2. The topological polar surface area (TPSA) is 86.3 Å². The van der Waals surface area contributed by atoms with Crippen molar-refractivity contribution in [1.82, 2.24) is 10.2 Å². The molecule has 8 nitrogen and oxygen atoms in total. The molecule has 1 N–H and O–H groups in total. The minimum Gasteiger partial charge on any atom is -0.379 e. The molecular weight excluding hydrogens is 532 g/mol. The zero-order valence-electron chi connectivity index (χ0n) is 22.8. The maximum absolute atomic E-state index is 12.6. The van der Waals surface area contributed by atoms with Gasteiger partial charge in [0.05, 0.1) is 51.1 Å². The van der Waals surface area contributed by atoms with Gasteiger partial charge >= 0.3 is 0 Å². The van der Waals surface area contributed by atoms with E-state index in [9.17, 15) is 8.42 Å².